The van der Waals surface area contributed by atoms with E-state index < -0.39 is 5.82 Å². The minimum absolute atomic E-state index is 0.268. The van der Waals surface area contributed by atoms with E-state index >= 15 is 0 Å². The Balaban J connectivity index is 1.25. The number of aromatic nitrogens is 4. The van der Waals surface area contributed by atoms with Crippen molar-refractivity contribution in [3.8, 4) is 0 Å². The first-order chi connectivity index (χ1) is 15.1. The van der Waals surface area contributed by atoms with Crippen molar-refractivity contribution in [1.29, 1.82) is 0 Å². The van der Waals surface area contributed by atoms with Crippen molar-refractivity contribution >= 4 is 17.6 Å². The van der Waals surface area contributed by atoms with Crippen LogP contribution in [0.3, 0.4) is 0 Å². The third kappa shape index (κ3) is 5.76. The molecule has 1 unspecified atom stereocenters. The average molecular weight is 431 g/mol. The molecule has 2 saturated heterocycles. The van der Waals surface area contributed by atoms with E-state index in [4.69, 9.17) is 4.74 Å². The highest BCUT2D eigenvalue weighted by Crippen LogP contribution is 2.21. The van der Waals surface area contributed by atoms with Gasteiger partial charge >= 0.3 is 0 Å². The van der Waals surface area contributed by atoms with Crippen LogP contribution in [0, 0.1) is 11.7 Å². The van der Waals surface area contributed by atoms with Gasteiger partial charge in [0.25, 0.3) is 0 Å². The SMILES string of the molecule is CN(C)c1cc(CC2CCN(CCNc3nc(N4CCOCC4)ncc3F)C2)ncn1. The molecule has 0 radical (unpaired) electrons. The van der Waals surface area contributed by atoms with Gasteiger partial charge in [-0.1, -0.05) is 0 Å². The van der Waals surface area contributed by atoms with E-state index in [0.717, 1.165) is 57.1 Å². The first kappa shape index (κ1) is 21.6. The summed E-state index contributed by atoms with van der Waals surface area (Å²) >= 11 is 0. The minimum Gasteiger partial charge on any atom is -0.378 e. The molecule has 0 bridgehead atoms. The fourth-order valence-corrected chi connectivity index (χ4v) is 4.05. The third-order valence-corrected chi connectivity index (χ3v) is 5.78. The molecule has 0 saturated carbocycles. The van der Waals surface area contributed by atoms with Crippen LogP contribution in [0.5, 0.6) is 0 Å². The highest BCUT2D eigenvalue weighted by molar-refractivity contribution is 5.42. The molecule has 2 aromatic heterocycles. The zero-order valence-electron chi connectivity index (χ0n) is 18.3. The van der Waals surface area contributed by atoms with Gasteiger partial charge in [0.05, 0.1) is 19.4 Å². The maximum Gasteiger partial charge on any atom is 0.227 e. The largest absolute Gasteiger partial charge is 0.378 e. The molecule has 10 heteroatoms. The van der Waals surface area contributed by atoms with Crippen molar-refractivity contribution in [2.24, 2.45) is 5.92 Å². The Morgan fingerprint density at radius 3 is 2.84 bits per heavy atom. The van der Waals surface area contributed by atoms with E-state index in [9.17, 15) is 4.39 Å². The van der Waals surface area contributed by atoms with Gasteiger partial charge in [0, 0.05) is 58.6 Å². The van der Waals surface area contributed by atoms with Gasteiger partial charge in [0.2, 0.25) is 5.95 Å². The van der Waals surface area contributed by atoms with Gasteiger partial charge in [-0.05, 0) is 25.3 Å². The molecule has 2 aromatic rings. The number of hydrogen-bond donors (Lipinski definition) is 1. The molecule has 2 aliphatic rings. The topological polar surface area (TPSA) is 82.5 Å². The predicted molar refractivity (Wildman–Crippen MR) is 118 cm³/mol. The van der Waals surface area contributed by atoms with Gasteiger partial charge in [-0.15, -0.1) is 0 Å². The van der Waals surface area contributed by atoms with Crippen LogP contribution in [0.2, 0.25) is 0 Å². The summed E-state index contributed by atoms with van der Waals surface area (Å²) in [4.78, 5) is 23.7. The molecule has 1 atom stereocenters. The van der Waals surface area contributed by atoms with E-state index in [-0.39, 0.29) is 5.82 Å². The number of hydrogen-bond acceptors (Lipinski definition) is 9. The molecule has 2 aliphatic heterocycles. The van der Waals surface area contributed by atoms with Gasteiger partial charge < -0.3 is 24.8 Å². The van der Waals surface area contributed by atoms with E-state index in [1.54, 1.807) is 6.33 Å². The molecule has 1 N–H and O–H groups in total. The molecule has 4 heterocycles. The maximum absolute atomic E-state index is 14.2. The highest BCUT2D eigenvalue weighted by atomic mass is 19.1. The lowest BCUT2D eigenvalue weighted by Gasteiger charge is -2.27. The lowest BCUT2D eigenvalue weighted by molar-refractivity contribution is 0.122. The van der Waals surface area contributed by atoms with Crippen LogP contribution in [0.15, 0.2) is 18.6 Å². The van der Waals surface area contributed by atoms with Crippen LogP contribution in [-0.4, -0.2) is 91.4 Å². The minimum atomic E-state index is -0.420. The summed E-state index contributed by atoms with van der Waals surface area (Å²) in [6.45, 7) is 6.29. The average Bonchev–Trinajstić information content (AvgIpc) is 3.23. The summed E-state index contributed by atoms with van der Waals surface area (Å²) in [5.74, 6) is 1.91. The number of rotatable bonds is 8. The molecule has 9 nitrogen and oxygen atoms in total. The maximum atomic E-state index is 14.2. The van der Waals surface area contributed by atoms with Crippen LogP contribution < -0.4 is 15.1 Å². The number of nitrogens with zero attached hydrogens (tertiary/aromatic N) is 7. The van der Waals surface area contributed by atoms with Crippen molar-refractivity contribution in [2.45, 2.75) is 12.8 Å². The Bertz CT molecular complexity index is 861. The van der Waals surface area contributed by atoms with E-state index in [1.165, 1.54) is 6.20 Å². The lowest BCUT2D eigenvalue weighted by atomic mass is 10.0. The normalized spacial score (nSPS) is 19.6. The number of nitrogens with one attached hydrogen (secondary N) is 1. The molecule has 168 valence electrons. The predicted octanol–water partition coefficient (Wildman–Crippen LogP) is 1.28. The molecule has 4 rings (SSSR count). The zero-order valence-corrected chi connectivity index (χ0v) is 18.3. The van der Waals surface area contributed by atoms with Crippen molar-refractivity contribution < 1.29 is 9.13 Å². The zero-order chi connectivity index (χ0) is 21.6. The number of morpholine rings is 1. The van der Waals surface area contributed by atoms with E-state index in [1.807, 2.05) is 23.9 Å². The van der Waals surface area contributed by atoms with Crippen molar-refractivity contribution in [3.63, 3.8) is 0 Å². The molecule has 0 aliphatic carbocycles. The standard InChI is InChI=1S/C21H31FN8O/c1-28(2)19-12-17(25-15-26-19)11-16-3-5-29(14-16)6-4-23-20-18(22)13-24-21(27-20)30-7-9-31-10-8-30/h12-13,15-16H,3-11,14H2,1-2H3,(H,23,24,27). The Kier molecular flexibility index (Phi) is 7.08. The van der Waals surface area contributed by atoms with Gasteiger partial charge in [0.1, 0.15) is 12.1 Å². The summed E-state index contributed by atoms with van der Waals surface area (Å²) < 4.78 is 19.5. The fourth-order valence-electron chi connectivity index (χ4n) is 4.05. The monoisotopic (exact) mass is 430 g/mol. The Morgan fingerprint density at radius 1 is 1.19 bits per heavy atom. The Morgan fingerprint density at radius 2 is 2.03 bits per heavy atom. The quantitative estimate of drug-likeness (QED) is 0.666. The van der Waals surface area contributed by atoms with Crippen LogP contribution in [0.25, 0.3) is 0 Å². The van der Waals surface area contributed by atoms with Gasteiger partial charge in [-0.2, -0.15) is 4.98 Å². The van der Waals surface area contributed by atoms with Gasteiger partial charge in [-0.25, -0.2) is 19.3 Å². The summed E-state index contributed by atoms with van der Waals surface area (Å²) in [6.07, 6.45) is 4.99. The number of halogens is 1. The van der Waals surface area contributed by atoms with Crippen LogP contribution in [0.1, 0.15) is 12.1 Å². The van der Waals surface area contributed by atoms with Crippen molar-refractivity contribution in [2.75, 3.05) is 81.7 Å². The second kappa shape index (κ2) is 10.1. The fraction of sp³-hybridized carbons (Fsp3) is 0.619. The van der Waals surface area contributed by atoms with Gasteiger partial charge in [0.15, 0.2) is 11.6 Å². The summed E-state index contributed by atoms with van der Waals surface area (Å²) in [5, 5.41) is 3.15. The molecule has 0 aromatic carbocycles. The molecule has 31 heavy (non-hydrogen) atoms. The van der Waals surface area contributed by atoms with Crippen LogP contribution in [-0.2, 0) is 11.2 Å². The first-order valence-corrected chi connectivity index (χ1v) is 10.9. The molecule has 0 spiro atoms. The summed E-state index contributed by atoms with van der Waals surface area (Å²) in [6, 6.07) is 2.06. The number of likely N-dealkylation sites (tertiary alicyclic amines) is 1. The Labute approximate surface area is 182 Å². The van der Waals surface area contributed by atoms with Crippen molar-refractivity contribution in [3.05, 3.63) is 30.1 Å². The third-order valence-electron chi connectivity index (χ3n) is 5.78. The second-order valence-corrected chi connectivity index (χ2v) is 8.31. The van der Waals surface area contributed by atoms with Crippen LogP contribution >= 0.6 is 0 Å². The van der Waals surface area contributed by atoms with Crippen molar-refractivity contribution in [1.82, 2.24) is 24.8 Å². The highest BCUT2D eigenvalue weighted by Gasteiger charge is 2.23. The van der Waals surface area contributed by atoms with Gasteiger partial charge in [-0.3, -0.25) is 0 Å². The smallest absolute Gasteiger partial charge is 0.227 e. The summed E-state index contributed by atoms with van der Waals surface area (Å²) in [5.41, 5.74) is 1.09. The summed E-state index contributed by atoms with van der Waals surface area (Å²) in [7, 11) is 3.97. The second-order valence-electron chi connectivity index (χ2n) is 8.31. The van der Waals surface area contributed by atoms with E-state index in [2.05, 4.69) is 36.2 Å². The lowest BCUT2D eigenvalue weighted by Crippen LogP contribution is -2.37. The molecule has 2 fully saturated rings. The first-order valence-electron chi connectivity index (χ1n) is 10.9. The molecular weight excluding hydrogens is 399 g/mol. The van der Waals surface area contributed by atoms with Crippen LogP contribution in [0.4, 0.5) is 22.0 Å². The molecular formula is C21H31FN8O. The number of anilines is 3. The van der Waals surface area contributed by atoms with E-state index in [0.29, 0.717) is 31.6 Å². The Hall–Kier alpha value is -2.59. The number of ether oxygens (including phenoxy) is 1. The molecule has 0 amide bonds.